The SMILES string of the molecule is C=C1CC[C@H]2C(C)(C)CCC[C@]2(C)[C@H]1C/C=C(/C=O)CC(=O)OCc1cn(CCCCN2C(=O)C(=O)c3cc(Br)ccc32)nn1. The topological polar surface area (TPSA) is 111 Å². The molecule has 0 saturated heterocycles. The predicted molar refractivity (Wildman–Crippen MR) is 174 cm³/mol. The molecule has 0 radical (unpaired) electrons. The molecule has 2 fully saturated rings. The number of halogens is 1. The van der Waals surface area contributed by atoms with Crippen LogP contribution in [0.4, 0.5) is 5.69 Å². The van der Waals surface area contributed by atoms with E-state index in [0.717, 1.165) is 17.2 Å². The van der Waals surface area contributed by atoms with Crippen LogP contribution in [0.3, 0.4) is 0 Å². The zero-order valence-electron chi connectivity index (χ0n) is 26.5. The van der Waals surface area contributed by atoms with Gasteiger partial charge < -0.3 is 9.64 Å². The summed E-state index contributed by atoms with van der Waals surface area (Å²) in [6.07, 6.45) is 12.2. The molecule has 0 N–H and O–H groups in total. The Morgan fingerprint density at radius 2 is 1.96 bits per heavy atom. The molecular weight excluding hydrogens is 636 g/mol. The molecule has 1 aromatic carbocycles. The normalized spacial score (nSPS) is 24.4. The molecule has 45 heavy (non-hydrogen) atoms. The lowest BCUT2D eigenvalue weighted by Crippen LogP contribution is -2.49. The number of aldehydes is 1. The summed E-state index contributed by atoms with van der Waals surface area (Å²) >= 11 is 3.35. The number of esters is 1. The van der Waals surface area contributed by atoms with E-state index < -0.39 is 17.7 Å². The first-order valence-electron chi connectivity index (χ1n) is 15.9. The Labute approximate surface area is 273 Å². The maximum absolute atomic E-state index is 12.6. The van der Waals surface area contributed by atoms with Gasteiger partial charge in [0.2, 0.25) is 0 Å². The lowest BCUT2D eigenvalue weighted by Gasteiger charge is -2.58. The average molecular weight is 680 g/mol. The van der Waals surface area contributed by atoms with Gasteiger partial charge in [0.15, 0.2) is 0 Å². The number of ether oxygens (including phenoxy) is 1. The van der Waals surface area contributed by atoms with Crippen molar-refractivity contribution in [2.75, 3.05) is 11.4 Å². The van der Waals surface area contributed by atoms with E-state index in [1.165, 1.54) is 36.2 Å². The van der Waals surface area contributed by atoms with E-state index in [0.29, 0.717) is 72.1 Å². The molecule has 10 heteroatoms. The molecule has 1 aromatic heterocycles. The molecule has 1 aliphatic heterocycles. The number of rotatable bonds is 12. The van der Waals surface area contributed by atoms with Crippen molar-refractivity contribution in [2.24, 2.45) is 22.7 Å². The highest BCUT2D eigenvalue weighted by atomic mass is 79.9. The van der Waals surface area contributed by atoms with Crippen LogP contribution in [-0.2, 0) is 32.3 Å². The second-order valence-electron chi connectivity index (χ2n) is 13.7. The summed E-state index contributed by atoms with van der Waals surface area (Å²) in [5, 5.41) is 8.21. The lowest BCUT2D eigenvalue weighted by atomic mass is 9.47. The van der Waals surface area contributed by atoms with Crippen molar-refractivity contribution < 1.29 is 23.9 Å². The van der Waals surface area contributed by atoms with Gasteiger partial charge in [-0.25, -0.2) is 0 Å². The van der Waals surface area contributed by atoms with Gasteiger partial charge in [0.1, 0.15) is 18.6 Å². The first kappa shape index (κ1) is 33.0. The van der Waals surface area contributed by atoms with Gasteiger partial charge in [-0.1, -0.05) is 66.6 Å². The van der Waals surface area contributed by atoms with Crippen molar-refractivity contribution in [2.45, 2.75) is 91.7 Å². The third-order valence-electron chi connectivity index (χ3n) is 10.4. The fraction of sp³-hybridized carbons (Fsp3) is 0.543. The summed E-state index contributed by atoms with van der Waals surface area (Å²) < 4.78 is 7.85. The molecule has 0 unspecified atom stereocenters. The van der Waals surface area contributed by atoms with Gasteiger partial charge in [-0.15, -0.1) is 5.10 Å². The van der Waals surface area contributed by atoms with Crippen LogP contribution >= 0.6 is 15.9 Å². The third kappa shape index (κ3) is 7.05. The van der Waals surface area contributed by atoms with Gasteiger partial charge in [-0.05, 0) is 91.4 Å². The Morgan fingerprint density at radius 1 is 1.18 bits per heavy atom. The Bertz CT molecular complexity index is 1530. The number of hydrogen-bond donors (Lipinski definition) is 0. The highest BCUT2D eigenvalue weighted by Crippen LogP contribution is 2.61. The zero-order chi connectivity index (χ0) is 32.4. The van der Waals surface area contributed by atoms with Gasteiger partial charge in [0.25, 0.3) is 11.7 Å². The smallest absolute Gasteiger partial charge is 0.310 e. The standard InChI is InChI=1S/C35H43BrN4O5/c1-23-8-13-30-34(2,3)14-7-15-35(30,4)28(23)11-9-24(21-41)18-31(42)45-22-26-20-39(38-37-26)16-5-6-17-40-29-12-10-25(36)19-27(29)32(43)33(40)44/h9-10,12,19-21,28,30H,1,5-8,11,13-18,22H2,2-4H3/b24-9+/t28-,30-,35+/m0/s1. The molecule has 3 atom stereocenters. The van der Waals surface area contributed by atoms with Crippen molar-refractivity contribution in [3.8, 4) is 0 Å². The molecule has 5 rings (SSSR count). The van der Waals surface area contributed by atoms with E-state index in [2.05, 4.69) is 53.6 Å². The quantitative estimate of drug-likeness (QED) is 0.0606. The molecule has 240 valence electrons. The minimum absolute atomic E-state index is 0.0318. The largest absolute Gasteiger partial charge is 0.459 e. The number of benzene rings is 1. The summed E-state index contributed by atoms with van der Waals surface area (Å²) in [6.45, 7) is 12.6. The van der Waals surface area contributed by atoms with Crippen LogP contribution in [0.2, 0.25) is 0 Å². The molecule has 2 heterocycles. The summed E-state index contributed by atoms with van der Waals surface area (Å²) in [7, 11) is 0. The predicted octanol–water partition coefficient (Wildman–Crippen LogP) is 6.80. The van der Waals surface area contributed by atoms with Crippen LogP contribution in [0.15, 0.2) is 52.7 Å². The van der Waals surface area contributed by atoms with Crippen LogP contribution in [-0.4, -0.2) is 45.5 Å². The molecule has 2 aromatic rings. The van der Waals surface area contributed by atoms with Crippen molar-refractivity contribution in [3.63, 3.8) is 0 Å². The second-order valence-corrected chi connectivity index (χ2v) is 14.7. The molecular formula is C35H43BrN4O5. The van der Waals surface area contributed by atoms with Crippen molar-refractivity contribution in [1.82, 2.24) is 15.0 Å². The molecule has 2 saturated carbocycles. The van der Waals surface area contributed by atoms with Crippen LogP contribution in [0.25, 0.3) is 0 Å². The number of allylic oxidation sites excluding steroid dienone is 2. The zero-order valence-corrected chi connectivity index (χ0v) is 28.1. The minimum atomic E-state index is -0.504. The number of unbranched alkanes of at least 4 members (excludes halogenated alkanes) is 1. The van der Waals surface area contributed by atoms with E-state index in [1.807, 2.05) is 12.1 Å². The number of anilines is 1. The fourth-order valence-corrected chi connectivity index (χ4v) is 8.43. The Balaban J connectivity index is 1.07. The van der Waals surface area contributed by atoms with Gasteiger partial charge >= 0.3 is 5.97 Å². The van der Waals surface area contributed by atoms with E-state index in [4.69, 9.17) is 4.74 Å². The van der Waals surface area contributed by atoms with E-state index in [9.17, 15) is 19.2 Å². The maximum Gasteiger partial charge on any atom is 0.310 e. The average Bonchev–Trinajstić information content (AvgIpc) is 3.54. The molecule has 1 amide bonds. The molecule has 2 aliphatic carbocycles. The van der Waals surface area contributed by atoms with Gasteiger partial charge in [-0.2, -0.15) is 0 Å². The third-order valence-corrected chi connectivity index (χ3v) is 10.8. The van der Waals surface area contributed by atoms with Crippen LogP contribution < -0.4 is 4.90 Å². The van der Waals surface area contributed by atoms with Gasteiger partial charge in [0, 0.05) is 17.6 Å². The number of ketones is 1. The molecule has 0 spiro atoms. The van der Waals surface area contributed by atoms with Gasteiger partial charge in [-0.3, -0.25) is 23.9 Å². The number of fused-ring (bicyclic) bond motifs is 2. The van der Waals surface area contributed by atoms with Gasteiger partial charge in [0.05, 0.1) is 23.9 Å². The van der Waals surface area contributed by atoms with E-state index in [-0.39, 0.29) is 18.4 Å². The highest BCUT2D eigenvalue weighted by Gasteiger charge is 2.52. The Hall–Kier alpha value is -3.40. The summed E-state index contributed by atoms with van der Waals surface area (Å²) in [5.41, 5.74) is 3.73. The van der Waals surface area contributed by atoms with Crippen molar-refractivity contribution in [1.29, 1.82) is 0 Å². The number of nitrogens with zero attached hydrogens (tertiary/aromatic N) is 4. The number of hydrogen-bond acceptors (Lipinski definition) is 7. The fourth-order valence-electron chi connectivity index (χ4n) is 8.07. The second kappa shape index (κ2) is 13.5. The monoisotopic (exact) mass is 678 g/mol. The Morgan fingerprint density at radius 3 is 2.73 bits per heavy atom. The lowest BCUT2D eigenvalue weighted by molar-refractivity contribution is -0.144. The highest BCUT2D eigenvalue weighted by molar-refractivity contribution is 9.10. The minimum Gasteiger partial charge on any atom is -0.459 e. The van der Waals surface area contributed by atoms with Crippen LogP contribution in [0.1, 0.15) is 94.6 Å². The van der Waals surface area contributed by atoms with E-state index in [1.54, 1.807) is 23.0 Å². The van der Waals surface area contributed by atoms with Crippen LogP contribution in [0, 0.1) is 22.7 Å². The molecule has 9 nitrogen and oxygen atoms in total. The first-order chi connectivity index (χ1) is 21.4. The number of aryl methyl sites for hydroxylation is 1. The maximum atomic E-state index is 12.6. The number of aromatic nitrogens is 3. The van der Waals surface area contributed by atoms with Crippen molar-refractivity contribution >= 4 is 45.6 Å². The Kier molecular flexibility index (Phi) is 9.91. The summed E-state index contributed by atoms with van der Waals surface area (Å²) in [4.78, 5) is 50.8. The summed E-state index contributed by atoms with van der Waals surface area (Å²) in [5.74, 6) is -0.542. The van der Waals surface area contributed by atoms with E-state index >= 15 is 0 Å². The van der Waals surface area contributed by atoms with Crippen molar-refractivity contribution in [3.05, 3.63) is 63.9 Å². The molecule has 3 aliphatic rings. The number of amides is 1. The molecule has 0 bridgehead atoms. The number of carbonyl (C=O) groups excluding carboxylic acids is 4. The number of Topliss-reactive ketones (excluding diaryl/α,β-unsaturated/α-hetero) is 1. The summed E-state index contributed by atoms with van der Waals surface area (Å²) in [6, 6.07) is 5.27. The number of carbonyl (C=O) groups is 4. The first-order valence-corrected chi connectivity index (χ1v) is 16.7. The van der Waals surface area contributed by atoms with Crippen LogP contribution in [0.5, 0.6) is 0 Å².